The molecule has 4 heteroatoms. The second-order valence-electron chi connectivity index (χ2n) is 5.90. The number of para-hydroxylation sites is 1. The summed E-state index contributed by atoms with van der Waals surface area (Å²) in [7, 11) is 1.66. The standard InChI is InChI=1S/C22H15Cl2NO/c1-26-17-12-8-14(9-13-17)20-18-4-2-3-5-19(18)25-22(21(20)24)15-6-10-16(23)11-7-15/h2-13H,1H3. The molecule has 0 bridgehead atoms. The zero-order chi connectivity index (χ0) is 18.1. The van der Waals surface area contributed by atoms with Crippen LogP contribution in [0, 0.1) is 0 Å². The van der Waals surface area contributed by atoms with Gasteiger partial charge in [-0.3, -0.25) is 0 Å². The van der Waals surface area contributed by atoms with E-state index in [0.717, 1.165) is 39.0 Å². The molecular weight excluding hydrogens is 365 g/mol. The van der Waals surface area contributed by atoms with Crippen LogP contribution in [-0.2, 0) is 0 Å². The minimum absolute atomic E-state index is 0.621. The smallest absolute Gasteiger partial charge is 0.118 e. The van der Waals surface area contributed by atoms with Crippen LogP contribution < -0.4 is 4.74 Å². The maximum atomic E-state index is 6.84. The fraction of sp³-hybridized carbons (Fsp3) is 0.0455. The van der Waals surface area contributed by atoms with E-state index in [1.54, 1.807) is 7.11 Å². The number of ether oxygens (including phenoxy) is 1. The lowest BCUT2D eigenvalue weighted by molar-refractivity contribution is 0.415. The molecule has 1 heterocycles. The Kier molecular flexibility index (Phi) is 4.54. The van der Waals surface area contributed by atoms with E-state index >= 15 is 0 Å². The van der Waals surface area contributed by atoms with Crippen LogP contribution in [0.2, 0.25) is 10.0 Å². The first-order chi connectivity index (χ1) is 12.7. The van der Waals surface area contributed by atoms with Crippen molar-refractivity contribution in [1.29, 1.82) is 0 Å². The monoisotopic (exact) mass is 379 g/mol. The molecule has 128 valence electrons. The number of hydrogen-bond donors (Lipinski definition) is 0. The van der Waals surface area contributed by atoms with Crippen molar-refractivity contribution < 1.29 is 4.74 Å². The van der Waals surface area contributed by atoms with Crippen molar-refractivity contribution in [2.24, 2.45) is 0 Å². The van der Waals surface area contributed by atoms with Gasteiger partial charge in [0.1, 0.15) is 5.75 Å². The number of rotatable bonds is 3. The maximum Gasteiger partial charge on any atom is 0.118 e. The average molecular weight is 380 g/mol. The van der Waals surface area contributed by atoms with Crippen LogP contribution in [0.15, 0.2) is 72.8 Å². The third-order valence-electron chi connectivity index (χ3n) is 4.33. The fourth-order valence-corrected chi connectivity index (χ4v) is 3.52. The summed E-state index contributed by atoms with van der Waals surface area (Å²) in [4.78, 5) is 4.79. The Morgan fingerprint density at radius 3 is 2.12 bits per heavy atom. The van der Waals surface area contributed by atoms with E-state index in [4.69, 9.17) is 32.9 Å². The predicted molar refractivity (Wildman–Crippen MR) is 109 cm³/mol. The minimum atomic E-state index is 0.621. The third kappa shape index (κ3) is 3.03. The largest absolute Gasteiger partial charge is 0.497 e. The molecule has 0 saturated carbocycles. The van der Waals surface area contributed by atoms with Crippen LogP contribution in [0.3, 0.4) is 0 Å². The predicted octanol–water partition coefficient (Wildman–Crippen LogP) is 6.88. The molecule has 0 amide bonds. The van der Waals surface area contributed by atoms with Gasteiger partial charge in [0.25, 0.3) is 0 Å². The van der Waals surface area contributed by atoms with Gasteiger partial charge in [0.15, 0.2) is 0 Å². The first-order valence-corrected chi connectivity index (χ1v) is 8.91. The normalized spacial score (nSPS) is 10.9. The lowest BCUT2D eigenvalue weighted by Crippen LogP contribution is -1.93. The van der Waals surface area contributed by atoms with Gasteiger partial charge in [0.2, 0.25) is 0 Å². The number of nitrogens with zero attached hydrogens (tertiary/aromatic N) is 1. The van der Waals surface area contributed by atoms with E-state index in [1.807, 2.05) is 72.8 Å². The number of fused-ring (bicyclic) bond motifs is 1. The summed E-state index contributed by atoms with van der Waals surface area (Å²) >= 11 is 12.9. The van der Waals surface area contributed by atoms with Gasteiger partial charge >= 0.3 is 0 Å². The summed E-state index contributed by atoms with van der Waals surface area (Å²) < 4.78 is 5.27. The Bertz CT molecular complexity index is 1070. The molecule has 1 aromatic heterocycles. The molecule has 0 N–H and O–H groups in total. The topological polar surface area (TPSA) is 22.1 Å². The van der Waals surface area contributed by atoms with Crippen LogP contribution in [0.5, 0.6) is 5.75 Å². The Balaban J connectivity index is 2.00. The molecule has 2 nitrogen and oxygen atoms in total. The first-order valence-electron chi connectivity index (χ1n) is 8.16. The van der Waals surface area contributed by atoms with Gasteiger partial charge in [-0.2, -0.15) is 0 Å². The van der Waals surface area contributed by atoms with Crippen LogP contribution >= 0.6 is 23.2 Å². The van der Waals surface area contributed by atoms with Crippen molar-refractivity contribution in [1.82, 2.24) is 4.98 Å². The highest BCUT2D eigenvalue weighted by Gasteiger charge is 2.16. The lowest BCUT2D eigenvalue weighted by atomic mass is 9.98. The van der Waals surface area contributed by atoms with Crippen molar-refractivity contribution in [3.05, 3.63) is 82.8 Å². The maximum absolute atomic E-state index is 6.84. The van der Waals surface area contributed by atoms with Crippen molar-refractivity contribution >= 4 is 34.1 Å². The summed E-state index contributed by atoms with van der Waals surface area (Å²) in [5, 5.41) is 2.32. The van der Waals surface area contributed by atoms with E-state index in [9.17, 15) is 0 Å². The zero-order valence-electron chi connectivity index (χ0n) is 14.0. The van der Waals surface area contributed by atoms with E-state index in [-0.39, 0.29) is 0 Å². The first kappa shape index (κ1) is 16.9. The zero-order valence-corrected chi connectivity index (χ0v) is 15.6. The second-order valence-corrected chi connectivity index (χ2v) is 6.72. The van der Waals surface area contributed by atoms with Crippen molar-refractivity contribution in [3.63, 3.8) is 0 Å². The number of hydrogen-bond acceptors (Lipinski definition) is 2. The van der Waals surface area contributed by atoms with Gasteiger partial charge in [-0.05, 0) is 35.9 Å². The Morgan fingerprint density at radius 1 is 0.769 bits per heavy atom. The lowest BCUT2D eigenvalue weighted by Gasteiger charge is -2.14. The van der Waals surface area contributed by atoms with Crippen LogP contribution in [-0.4, -0.2) is 12.1 Å². The van der Waals surface area contributed by atoms with Crippen molar-refractivity contribution in [2.75, 3.05) is 7.11 Å². The molecule has 0 saturated heterocycles. The Hall–Kier alpha value is -2.55. The summed E-state index contributed by atoms with van der Waals surface area (Å²) in [6, 6.07) is 23.5. The third-order valence-corrected chi connectivity index (χ3v) is 4.95. The molecule has 0 atom stereocenters. The summed E-state index contributed by atoms with van der Waals surface area (Å²) in [6.07, 6.45) is 0. The molecule has 3 aromatic carbocycles. The van der Waals surface area contributed by atoms with Crippen molar-refractivity contribution in [3.8, 4) is 28.1 Å². The SMILES string of the molecule is COc1ccc(-c2c(Cl)c(-c3ccc(Cl)cc3)nc3ccccc23)cc1. The Morgan fingerprint density at radius 2 is 1.42 bits per heavy atom. The van der Waals surface area contributed by atoms with Crippen LogP contribution in [0.25, 0.3) is 33.3 Å². The van der Waals surface area contributed by atoms with Crippen LogP contribution in [0.1, 0.15) is 0 Å². The summed E-state index contributed by atoms with van der Waals surface area (Å²) in [5.41, 5.74) is 4.55. The van der Waals surface area contributed by atoms with Crippen molar-refractivity contribution in [2.45, 2.75) is 0 Å². The second kappa shape index (κ2) is 6.99. The molecule has 0 fully saturated rings. The summed E-state index contributed by atoms with van der Waals surface area (Å²) in [5.74, 6) is 0.807. The van der Waals surface area contributed by atoms with Gasteiger partial charge < -0.3 is 4.74 Å². The quantitative estimate of drug-likeness (QED) is 0.386. The minimum Gasteiger partial charge on any atom is -0.497 e. The number of benzene rings is 3. The fourth-order valence-electron chi connectivity index (χ4n) is 3.03. The van der Waals surface area contributed by atoms with Crippen LogP contribution in [0.4, 0.5) is 0 Å². The van der Waals surface area contributed by atoms with Gasteiger partial charge in [-0.15, -0.1) is 0 Å². The van der Waals surface area contributed by atoms with Gasteiger partial charge in [-0.25, -0.2) is 4.98 Å². The molecule has 0 aliphatic carbocycles. The molecule has 0 radical (unpaired) electrons. The van der Waals surface area contributed by atoms with Gasteiger partial charge in [-0.1, -0.05) is 65.7 Å². The average Bonchev–Trinajstić information content (AvgIpc) is 2.68. The highest BCUT2D eigenvalue weighted by Crippen LogP contribution is 2.40. The highest BCUT2D eigenvalue weighted by molar-refractivity contribution is 6.37. The molecular formula is C22H15Cl2NO. The van der Waals surface area contributed by atoms with E-state index in [1.165, 1.54) is 0 Å². The summed E-state index contributed by atoms with van der Waals surface area (Å²) in [6.45, 7) is 0. The number of methoxy groups -OCH3 is 1. The Labute approximate surface area is 162 Å². The molecule has 4 aromatic rings. The van der Waals surface area contributed by atoms with Gasteiger partial charge in [0, 0.05) is 21.5 Å². The highest BCUT2D eigenvalue weighted by atomic mass is 35.5. The number of aromatic nitrogens is 1. The van der Waals surface area contributed by atoms with E-state index in [2.05, 4.69) is 0 Å². The molecule has 0 aliphatic rings. The van der Waals surface area contributed by atoms with E-state index in [0.29, 0.717) is 10.0 Å². The molecule has 0 spiro atoms. The molecule has 4 rings (SSSR count). The molecule has 0 aliphatic heterocycles. The molecule has 26 heavy (non-hydrogen) atoms. The number of pyridine rings is 1. The van der Waals surface area contributed by atoms with Gasteiger partial charge in [0.05, 0.1) is 23.3 Å². The van der Waals surface area contributed by atoms with E-state index < -0.39 is 0 Å². The molecule has 0 unspecified atom stereocenters. The number of halogens is 2.